The van der Waals surface area contributed by atoms with Crippen molar-refractivity contribution in [2.45, 2.75) is 35.3 Å². The van der Waals surface area contributed by atoms with Crippen LogP contribution in [-0.2, 0) is 16.2 Å². The molecule has 166 valence electrons. The zero-order chi connectivity index (χ0) is 23.2. The monoisotopic (exact) mass is 488 g/mol. The van der Waals surface area contributed by atoms with Crippen molar-refractivity contribution in [3.8, 4) is 21.7 Å². The van der Waals surface area contributed by atoms with Crippen molar-refractivity contribution in [1.29, 1.82) is 0 Å². The van der Waals surface area contributed by atoms with Gasteiger partial charge in [-0.15, -0.1) is 22.7 Å². The number of hydrogen-bond acceptors (Lipinski definition) is 5. The first kappa shape index (κ1) is 22.0. The van der Waals surface area contributed by atoms with Crippen molar-refractivity contribution >= 4 is 49.4 Å². The van der Waals surface area contributed by atoms with Crippen LogP contribution in [0.15, 0.2) is 87.3 Å². The van der Waals surface area contributed by atoms with Gasteiger partial charge in [0.05, 0.1) is 27.1 Å². The van der Waals surface area contributed by atoms with Crippen molar-refractivity contribution in [1.82, 2.24) is 4.98 Å². The Hall–Kier alpha value is -2.80. The lowest BCUT2D eigenvalue weighted by atomic mass is 9.87. The maximum Gasteiger partial charge on any atom is 0.127 e. The molecule has 3 heterocycles. The number of nitrogens with zero attached hydrogens (tertiary/aromatic N) is 1. The standard InChI is InChI=1S/C27H24N2OS3/c1-27(2,3)18-11-13-19(14-12-18)33(30)26-24(28)23-20(17-8-5-4-6-9-17)16-21(29-25(23)32-26)22-10-7-15-31-22/h4-16H,28H2,1-3H3. The maximum absolute atomic E-state index is 13.6. The van der Waals surface area contributed by atoms with E-state index in [1.165, 1.54) is 16.9 Å². The smallest absolute Gasteiger partial charge is 0.127 e. The average Bonchev–Trinajstić information content (AvgIpc) is 3.47. The van der Waals surface area contributed by atoms with E-state index in [1.54, 1.807) is 11.3 Å². The Morgan fingerprint density at radius 1 is 0.939 bits per heavy atom. The number of aromatic nitrogens is 1. The van der Waals surface area contributed by atoms with E-state index < -0.39 is 10.8 Å². The molecule has 2 aromatic carbocycles. The summed E-state index contributed by atoms with van der Waals surface area (Å²) >= 11 is 3.08. The number of rotatable bonds is 4. The number of benzene rings is 2. The minimum atomic E-state index is -1.38. The van der Waals surface area contributed by atoms with Crippen LogP contribution in [0.4, 0.5) is 5.69 Å². The zero-order valence-corrected chi connectivity index (χ0v) is 21.1. The number of thiophene rings is 2. The summed E-state index contributed by atoms with van der Waals surface area (Å²) < 4.78 is 14.2. The SMILES string of the molecule is CC(C)(C)c1ccc(S(=O)c2sc3nc(-c4cccs4)cc(-c4ccccc4)c3c2N)cc1. The Morgan fingerprint density at radius 2 is 1.67 bits per heavy atom. The number of nitrogens with two attached hydrogens (primary N) is 1. The molecule has 0 saturated heterocycles. The quantitative estimate of drug-likeness (QED) is 0.281. The van der Waals surface area contributed by atoms with Gasteiger partial charge in [-0.25, -0.2) is 9.19 Å². The fourth-order valence-electron chi connectivity index (χ4n) is 3.82. The first-order valence-corrected chi connectivity index (χ1v) is 13.5. The van der Waals surface area contributed by atoms with Crippen LogP contribution in [0.5, 0.6) is 0 Å². The Labute approximate surface area is 204 Å². The molecule has 2 N–H and O–H groups in total. The highest BCUT2D eigenvalue weighted by molar-refractivity contribution is 7.87. The van der Waals surface area contributed by atoms with E-state index in [1.807, 2.05) is 41.8 Å². The molecule has 1 atom stereocenters. The predicted molar refractivity (Wildman–Crippen MR) is 143 cm³/mol. The van der Waals surface area contributed by atoms with Gasteiger partial charge in [0.25, 0.3) is 0 Å². The van der Waals surface area contributed by atoms with E-state index in [-0.39, 0.29) is 5.41 Å². The van der Waals surface area contributed by atoms with Crippen molar-refractivity contribution < 1.29 is 4.21 Å². The van der Waals surface area contributed by atoms with Crippen molar-refractivity contribution in [2.75, 3.05) is 5.73 Å². The second-order valence-electron chi connectivity index (χ2n) is 8.92. The summed E-state index contributed by atoms with van der Waals surface area (Å²) in [4.78, 5) is 7.58. The molecule has 0 radical (unpaired) electrons. The maximum atomic E-state index is 13.6. The Kier molecular flexibility index (Phi) is 5.69. The molecule has 0 aliphatic carbocycles. The topological polar surface area (TPSA) is 56.0 Å². The molecule has 6 heteroatoms. The van der Waals surface area contributed by atoms with Crippen LogP contribution < -0.4 is 5.73 Å². The molecule has 0 saturated carbocycles. The highest BCUT2D eigenvalue weighted by Crippen LogP contribution is 2.44. The molecule has 3 aromatic heterocycles. The van der Waals surface area contributed by atoms with Gasteiger partial charge >= 0.3 is 0 Å². The summed E-state index contributed by atoms with van der Waals surface area (Å²) in [6, 6.07) is 24.4. The van der Waals surface area contributed by atoms with Crippen LogP contribution in [0.25, 0.3) is 31.9 Å². The highest BCUT2D eigenvalue weighted by Gasteiger charge is 2.22. The van der Waals surface area contributed by atoms with Gasteiger partial charge in [-0.3, -0.25) is 0 Å². The average molecular weight is 489 g/mol. The van der Waals surface area contributed by atoms with Gasteiger partial charge in [-0.1, -0.05) is 69.3 Å². The summed E-state index contributed by atoms with van der Waals surface area (Å²) in [6.07, 6.45) is 0. The van der Waals surface area contributed by atoms with Gasteiger partial charge in [-0.05, 0) is 51.8 Å². The second-order valence-corrected chi connectivity index (χ2v) is 12.5. The fourth-order valence-corrected chi connectivity index (χ4v) is 7.09. The van der Waals surface area contributed by atoms with E-state index in [4.69, 9.17) is 10.7 Å². The van der Waals surface area contributed by atoms with Crippen molar-refractivity contribution in [3.05, 3.63) is 83.7 Å². The van der Waals surface area contributed by atoms with E-state index in [2.05, 4.69) is 57.2 Å². The minimum Gasteiger partial charge on any atom is -0.396 e. The third kappa shape index (κ3) is 4.14. The summed E-state index contributed by atoms with van der Waals surface area (Å²) in [6.45, 7) is 6.51. The third-order valence-corrected chi connectivity index (χ3v) is 9.37. The number of hydrogen-bond donors (Lipinski definition) is 1. The fraction of sp³-hybridized carbons (Fsp3) is 0.148. The summed E-state index contributed by atoms with van der Waals surface area (Å²) in [5.41, 5.74) is 11.5. The number of fused-ring (bicyclic) bond motifs is 1. The Bertz CT molecular complexity index is 1450. The largest absolute Gasteiger partial charge is 0.396 e. The molecule has 3 nitrogen and oxygen atoms in total. The van der Waals surface area contributed by atoms with Crippen molar-refractivity contribution in [3.63, 3.8) is 0 Å². The van der Waals surface area contributed by atoms with E-state index in [0.717, 1.165) is 36.8 Å². The summed E-state index contributed by atoms with van der Waals surface area (Å²) in [7, 11) is -1.38. The molecule has 5 rings (SSSR count). The molecule has 0 fully saturated rings. The lowest BCUT2D eigenvalue weighted by molar-refractivity contribution is 0.589. The zero-order valence-electron chi connectivity index (χ0n) is 18.7. The highest BCUT2D eigenvalue weighted by atomic mass is 32.2. The molecule has 0 bridgehead atoms. The Morgan fingerprint density at radius 3 is 2.30 bits per heavy atom. The van der Waals surface area contributed by atoms with Crippen LogP contribution in [-0.4, -0.2) is 9.19 Å². The molecule has 0 amide bonds. The van der Waals surface area contributed by atoms with Gasteiger partial charge in [0.1, 0.15) is 9.04 Å². The number of nitrogen functional groups attached to an aromatic ring is 1. The van der Waals surface area contributed by atoms with E-state index in [9.17, 15) is 4.21 Å². The lowest BCUT2D eigenvalue weighted by Gasteiger charge is -2.19. The lowest BCUT2D eigenvalue weighted by Crippen LogP contribution is -2.10. The van der Waals surface area contributed by atoms with Crippen LogP contribution in [0.1, 0.15) is 26.3 Å². The van der Waals surface area contributed by atoms with Crippen LogP contribution in [0, 0.1) is 0 Å². The molecule has 0 spiro atoms. The van der Waals surface area contributed by atoms with Gasteiger partial charge in [0.2, 0.25) is 0 Å². The number of anilines is 1. The first-order valence-electron chi connectivity index (χ1n) is 10.7. The first-order chi connectivity index (χ1) is 15.8. The van der Waals surface area contributed by atoms with Crippen LogP contribution in [0.2, 0.25) is 0 Å². The minimum absolute atomic E-state index is 0.0450. The summed E-state index contributed by atoms with van der Waals surface area (Å²) in [5, 5.41) is 2.93. The molecule has 0 aliphatic rings. The van der Waals surface area contributed by atoms with E-state index in [0.29, 0.717) is 9.90 Å². The number of pyridine rings is 1. The van der Waals surface area contributed by atoms with Crippen LogP contribution >= 0.6 is 22.7 Å². The molecule has 1 unspecified atom stereocenters. The third-order valence-electron chi connectivity index (χ3n) is 5.63. The normalized spacial score (nSPS) is 12.8. The van der Waals surface area contributed by atoms with Crippen LogP contribution in [0.3, 0.4) is 0 Å². The van der Waals surface area contributed by atoms with E-state index >= 15 is 0 Å². The second kappa shape index (κ2) is 8.52. The van der Waals surface area contributed by atoms with Gasteiger partial charge in [0, 0.05) is 10.3 Å². The summed E-state index contributed by atoms with van der Waals surface area (Å²) in [5.74, 6) is 0. The van der Waals surface area contributed by atoms with Gasteiger partial charge in [-0.2, -0.15) is 0 Å². The van der Waals surface area contributed by atoms with Gasteiger partial charge < -0.3 is 5.73 Å². The Balaban J connectivity index is 1.67. The van der Waals surface area contributed by atoms with Crippen molar-refractivity contribution in [2.24, 2.45) is 0 Å². The molecule has 0 aliphatic heterocycles. The predicted octanol–water partition coefficient (Wildman–Crippen LogP) is 7.74. The van der Waals surface area contributed by atoms with Gasteiger partial charge in [0.15, 0.2) is 0 Å². The molecule has 5 aromatic rings. The molecular formula is C27H24N2OS3. The molecular weight excluding hydrogens is 465 g/mol. The molecule has 33 heavy (non-hydrogen) atoms.